The number of nitrogens with one attached hydrogen (secondary N) is 2. The van der Waals surface area contributed by atoms with Crippen molar-refractivity contribution >= 4 is 30.1 Å². The second-order valence-corrected chi connectivity index (χ2v) is 15.2. The van der Waals surface area contributed by atoms with Crippen molar-refractivity contribution in [2.24, 2.45) is 0 Å². The van der Waals surface area contributed by atoms with Crippen molar-refractivity contribution in [2.45, 2.75) is 77.3 Å². The molecule has 8 heteroatoms. The maximum Gasteiger partial charge on any atom is 0.697 e. The number of aromatic nitrogens is 2. The summed E-state index contributed by atoms with van der Waals surface area (Å²) >= 11 is 0. The van der Waals surface area contributed by atoms with E-state index in [9.17, 15) is 4.57 Å². The van der Waals surface area contributed by atoms with Crippen molar-refractivity contribution in [1.82, 2.24) is 20.6 Å². The Hall–Kier alpha value is -5.24. The molecule has 0 saturated carbocycles. The molecule has 4 aromatic carbocycles. The highest BCUT2D eigenvalue weighted by Gasteiger charge is 2.19. The van der Waals surface area contributed by atoms with Crippen molar-refractivity contribution in [3.8, 4) is 23.7 Å². The zero-order chi connectivity index (χ0) is 39.9. The van der Waals surface area contributed by atoms with E-state index in [0.29, 0.717) is 39.1 Å². The normalized spacial score (nSPS) is 10.9. The van der Waals surface area contributed by atoms with Crippen LogP contribution in [0.2, 0.25) is 0 Å². The van der Waals surface area contributed by atoms with Crippen LogP contribution < -0.4 is 10.6 Å². The summed E-state index contributed by atoms with van der Waals surface area (Å²) in [5.41, 5.74) is 8.99. The monoisotopic (exact) mass is 789 g/mol. The van der Waals surface area contributed by atoms with Crippen LogP contribution in [0.25, 0.3) is 21.8 Å². The molecule has 0 atom stereocenters. The molecular weight excluding hydrogens is 736 g/mol. The average Bonchev–Trinajstić information content (AvgIpc) is 3.27. The van der Waals surface area contributed by atoms with Gasteiger partial charge in [0.2, 0.25) is 0 Å². The summed E-state index contributed by atoms with van der Waals surface area (Å²) in [4.78, 5) is 9.34. The summed E-state index contributed by atoms with van der Waals surface area (Å²) in [5.74, 6) is 13.5. The van der Waals surface area contributed by atoms with E-state index < -0.39 is 8.25 Å². The van der Waals surface area contributed by atoms with Crippen LogP contribution in [-0.2, 0) is 39.5 Å². The molecule has 6 rings (SSSR count). The molecule has 2 heterocycles. The summed E-state index contributed by atoms with van der Waals surface area (Å²) < 4.78 is 23.2. The molecule has 0 unspecified atom stereocenters. The molecule has 0 amide bonds. The SMILES string of the molecule is O=[P+](OCCCNCc1ccc(C#CCCCCc2ccccc2)c2cccnc12)OCCCNCc1ccc(C#CCCCCc2ccccc2)c2cccnc12. The first-order chi connectivity index (χ1) is 28.7. The third kappa shape index (κ3) is 14.0. The van der Waals surface area contributed by atoms with Crippen molar-refractivity contribution in [3.05, 3.63) is 155 Å². The number of hydrogen-bond donors (Lipinski definition) is 2. The Morgan fingerprint density at radius 1 is 0.517 bits per heavy atom. The van der Waals surface area contributed by atoms with Crippen LogP contribution in [0.5, 0.6) is 0 Å². The van der Waals surface area contributed by atoms with Gasteiger partial charge in [0.1, 0.15) is 13.2 Å². The summed E-state index contributed by atoms with van der Waals surface area (Å²) in [6.45, 7) is 3.51. The summed E-state index contributed by atoms with van der Waals surface area (Å²) in [6.07, 6.45) is 13.5. The minimum absolute atomic E-state index is 0.355. The lowest BCUT2D eigenvalue weighted by atomic mass is 10.0. The molecule has 6 aromatic rings. The Kier molecular flexibility index (Phi) is 17.9. The zero-order valence-electron chi connectivity index (χ0n) is 33.4. The van der Waals surface area contributed by atoms with Crippen LogP contribution >= 0.6 is 8.25 Å². The molecule has 0 fully saturated rings. The maximum atomic E-state index is 12.3. The van der Waals surface area contributed by atoms with E-state index in [4.69, 9.17) is 9.05 Å². The quantitative estimate of drug-likeness (QED) is 0.0402. The van der Waals surface area contributed by atoms with Crippen LogP contribution in [0.15, 0.2) is 122 Å². The van der Waals surface area contributed by atoms with Gasteiger partial charge in [-0.05, 0) is 111 Å². The highest BCUT2D eigenvalue weighted by atomic mass is 31.1. The molecular formula is C50H54N4O3P+. The molecule has 0 aliphatic heterocycles. The maximum absolute atomic E-state index is 12.3. The molecule has 58 heavy (non-hydrogen) atoms. The predicted molar refractivity (Wildman–Crippen MR) is 237 cm³/mol. The van der Waals surface area contributed by atoms with Gasteiger partial charge >= 0.3 is 8.25 Å². The first-order valence-corrected chi connectivity index (χ1v) is 21.8. The van der Waals surface area contributed by atoms with Crippen molar-refractivity contribution in [1.29, 1.82) is 0 Å². The van der Waals surface area contributed by atoms with Gasteiger partial charge < -0.3 is 10.6 Å². The standard InChI is InChI=1S/C50H54N4O3P/c55-58(56-37-17-33-51-39-45-31-29-43(47-27-15-35-53-49(45)47)25-13-3-1-7-19-41-21-9-5-10-22-41)57-38-18-34-52-40-46-32-30-44(48-28-16-36-54-50(46)48)26-14-4-2-8-20-42-23-11-6-12-24-42/h5-6,9-12,15-16,21-24,27-32,35-36,51-52H,1-4,7-8,17-20,33-34,37-40H2/q+1. The zero-order valence-corrected chi connectivity index (χ0v) is 34.3. The van der Waals surface area contributed by atoms with Crippen LogP contribution in [0.3, 0.4) is 0 Å². The molecule has 0 aliphatic carbocycles. The third-order valence-electron chi connectivity index (χ3n) is 9.89. The fourth-order valence-electron chi connectivity index (χ4n) is 6.81. The van der Waals surface area contributed by atoms with Gasteiger partial charge in [-0.15, -0.1) is 9.05 Å². The first-order valence-electron chi connectivity index (χ1n) is 20.7. The highest BCUT2D eigenvalue weighted by molar-refractivity contribution is 7.33. The minimum atomic E-state index is -2.16. The number of unbranched alkanes of at least 4 members (excludes halogenated alkanes) is 4. The number of rotatable bonds is 22. The van der Waals surface area contributed by atoms with Gasteiger partial charge in [-0.25, -0.2) is 0 Å². The molecule has 0 saturated heterocycles. The Morgan fingerprint density at radius 3 is 1.45 bits per heavy atom. The number of hydrogen-bond acceptors (Lipinski definition) is 7. The van der Waals surface area contributed by atoms with Gasteiger partial charge in [-0.1, -0.05) is 109 Å². The van der Waals surface area contributed by atoms with Gasteiger partial charge in [-0.3, -0.25) is 9.97 Å². The lowest BCUT2D eigenvalue weighted by Crippen LogP contribution is -2.17. The third-order valence-corrected chi connectivity index (χ3v) is 10.7. The average molecular weight is 790 g/mol. The first kappa shape index (κ1) is 42.4. The van der Waals surface area contributed by atoms with Crippen LogP contribution in [0.1, 0.15) is 84.7 Å². The number of nitrogens with zero attached hydrogens (tertiary/aromatic N) is 2. The smallest absolute Gasteiger partial charge is 0.313 e. The van der Waals surface area contributed by atoms with E-state index in [0.717, 1.165) is 109 Å². The summed E-state index contributed by atoms with van der Waals surface area (Å²) in [6, 6.07) is 37.8. The summed E-state index contributed by atoms with van der Waals surface area (Å²) in [7, 11) is -2.16. The summed E-state index contributed by atoms with van der Waals surface area (Å²) in [5, 5.41) is 9.09. The fourth-order valence-corrected chi connectivity index (χ4v) is 7.44. The van der Waals surface area contributed by atoms with Crippen LogP contribution in [0, 0.1) is 23.7 Å². The number of benzene rings is 4. The lowest BCUT2D eigenvalue weighted by molar-refractivity contribution is 0.220. The van der Waals surface area contributed by atoms with Gasteiger partial charge in [0.05, 0.1) is 11.0 Å². The second kappa shape index (κ2) is 24.5. The molecule has 0 aliphatic rings. The van der Waals surface area contributed by atoms with E-state index in [1.54, 1.807) is 0 Å². The van der Waals surface area contributed by atoms with E-state index in [2.05, 4.69) is 141 Å². The van der Waals surface area contributed by atoms with Crippen molar-refractivity contribution < 1.29 is 13.6 Å². The minimum Gasteiger partial charge on any atom is -0.313 e. The molecule has 0 bridgehead atoms. The molecule has 2 N–H and O–H groups in total. The Morgan fingerprint density at radius 2 is 0.983 bits per heavy atom. The number of fused-ring (bicyclic) bond motifs is 2. The van der Waals surface area contributed by atoms with E-state index in [-0.39, 0.29) is 0 Å². The topological polar surface area (TPSA) is 85.4 Å². The fraction of sp³-hybridized carbons (Fsp3) is 0.320. The number of pyridine rings is 2. The van der Waals surface area contributed by atoms with Gasteiger partial charge in [-0.2, -0.15) is 0 Å². The van der Waals surface area contributed by atoms with Gasteiger partial charge in [0.25, 0.3) is 0 Å². The number of aryl methyl sites for hydroxylation is 2. The Labute approximate surface area is 345 Å². The lowest BCUT2D eigenvalue weighted by Gasteiger charge is -2.09. The van der Waals surface area contributed by atoms with Gasteiger partial charge in [0.15, 0.2) is 0 Å². The second-order valence-electron chi connectivity index (χ2n) is 14.3. The molecule has 296 valence electrons. The van der Waals surface area contributed by atoms with E-state index in [1.807, 2.05) is 24.5 Å². The van der Waals surface area contributed by atoms with Crippen LogP contribution in [-0.4, -0.2) is 36.3 Å². The van der Waals surface area contributed by atoms with Crippen molar-refractivity contribution in [2.75, 3.05) is 26.3 Å². The van der Waals surface area contributed by atoms with E-state index in [1.165, 1.54) is 11.1 Å². The Balaban J connectivity index is 0.822. The molecule has 7 nitrogen and oxygen atoms in total. The van der Waals surface area contributed by atoms with Crippen molar-refractivity contribution in [3.63, 3.8) is 0 Å². The van der Waals surface area contributed by atoms with Crippen LogP contribution in [0.4, 0.5) is 0 Å². The van der Waals surface area contributed by atoms with Gasteiger partial charge in [0, 0.05) is 64.8 Å². The largest absolute Gasteiger partial charge is 0.697 e. The predicted octanol–water partition coefficient (Wildman–Crippen LogP) is 10.7. The van der Waals surface area contributed by atoms with E-state index >= 15 is 0 Å². The highest BCUT2D eigenvalue weighted by Crippen LogP contribution is 2.25. The molecule has 0 radical (unpaired) electrons. The Bertz CT molecular complexity index is 2150. The molecule has 0 spiro atoms. The molecule has 2 aromatic heterocycles.